The van der Waals surface area contributed by atoms with Gasteiger partial charge >= 0.3 is 0 Å². The Kier molecular flexibility index (Phi) is 5.76. The third kappa shape index (κ3) is 4.05. The number of amides is 1. The Bertz CT molecular complexity index is 449. The van der Waals surface area contributed by atoms with Crippen molar-refractivity contribution >= 4 is 5.91 Å². The van der Waals surface area contributed by atoms with Gasteiger partial charge in [0.05, 0.1) is 5.92 Å². The molecule has 1 saturated carbocycles. The molecule has 4 N–H and O–H groups in total. The predicted octanol–water partition coefficient (Wildman–Crippen LogP) is 1.99. The van der Waals surface area contributed by atoms with Crippen molar-refractivity contribution in [3.8, 4) is 0 Å². The van der Waals surface area contributed by atoms with Crippen LogP contribution in [0, 0.1) is 11.8 Å². The molecule has 1 aliphatic carbocycles. The van der Waals surface area contributed by atoms with Gasteiger partial charge in [-0.05, 0) is 18.4 Å². The normalized spacial score (nSPS) is 25.1. The molecule has 116 valence electrons. The van der Waals surface area contributed by atoms with Crippen molar-refractivity contribution in [3.05, 3.63) is 35.9 Å². The van der Waals surface area contributed by atoms with Crippen LogP contribution >= 0.6 is 0 Å². The Morgan fingerprint density at radius 2 is 2.00 bits per heavy atom. The third-order valence-electron chi connectivity index (χ3n) is 4.61. The first kappa shape index (κ1) is 16.0. The van der Waals surface area contributed by atoms with E-state index in [4.69, 9.17) is 5.73 Å². The molecule has 4 heteroatoms. The molecule has 4 atom stereocenters. The van der Waals surface area contributed by atoms with Crippen molar-refractivity contribution < 1.29 is 9.90 Å². The summed E-state index contributed by atoms with van der Waals surface area (Å²) < 4.78 is 0. The first-order valence-corrected chi connectivity index (χ1v) is 7.85. The number of hydrogen-bond donors (Lipinski definition) is 3. The Morgan fingerprint density at radius 1 is 1.33 bits per heavy atom. The van der Waals surface area contributed by atoms with Gasteiger partial charge in [0.1, 0.15) is 0 Å². The second kappa shape index (κ2) is 7.57. The van der Waals surface area contributed by atoms with Gasteiger partial charge in [-0.1, -0.05) is 50.1 Å². The van der Waals surface area contributed by atoms with E-state index in [1.807, 2.05) is 37.3 Å². The summed E-state index contributed by atoms with van der Waals surface area (Å²) in [6.45, 7) is 2.01. The molecule has 0 spiro atoms. The Morgan fingerprint density at radius 3 is 2.67 bits per heavy atom. The van der Waals surface area contributed by atoms with Gasteiger partial charge in [0, 0.05) is 24.6 Å². The number of nitrogens with one attached hydrogen (secondary N) is 1. The molecule has 0 bridgehead atoms. The minimum absolute atomic E-state index is 0.0169. The predicted molar refractivity (Wildman–Crippen MR) is 83.5 cm³/mol. The van der Waals surface area contributed by atoms with Crippen molar-refractivity contribution in [2.45, 2.75) is 44.7 Å². The summed E-state index contributed by atoms with van der Waals surface area (Å²) in [5, 5.41) is 12.5. The van der Waals surface area contributed by atoms with Crippen molar-refractivity contribution in [1.82, 2.24) is 5.32 Å². The van der Waals surface area contributed by atoms with Crippen LogP contribution in [0.4, 0.5) is 0 Å². The molecule has 1 fully saturated rings. The number of benzene rings is 1. The number of carbonyl (C=O) groups excluding carboxylic acids is 1. The molecular formula is C17H26N2O2. The minimum Gasteiger partial charge on any atom is -0.396 e. The van der Waals surface area contributed by atoms with Crippen LogP contribution in [0.25, 0.3) is 0 Å². The lowest BCUT2D eigenvalue weighted by Crippen LogP contribution is -2.46. The van der Waals surface area contributed by atoms with Gasteiger partial charge in [0.2, 0.25) is 5.91 Å². The number of hydrogen-bond acceptors (Lipinski definition) is 3. The van der Waals surface area contributed by atoms with Crippen LogP contribution < -0.4 is 11.1 Å². The minimum atomic E-state index is -0.303. The lowest BCUT2D eigenvalue weighted by molar-refractivity contribution is -0.126. The molecule has 0 aromatic heterocycles. The zero-order valence-corrected chi connectivity index (χ0v) is 12.7. The highest BCUT2D eigenvalue weighted by molar-refractivity contribution is 5.79. The van der Waals surface area contributed by atoms with E-state index in [2.05, 4.69) is 5.32 Å². The highest BCUT2D eigenvalue weighted by atomic mass is 16.3. The molecule has 1 aromatic carbocycles. The van der Waals surface area contributed by atoms with Crippen LogP contribution in [0.5, 0.6) is 0 Å². The average molecular weight is 290 g/mol. The summed E-state index contributed by atoms with van der Waals surface area (Å²) in [6, 6.07) is 9.49. The SMILES string of the molecule is CC(C(=O)NC1CCCCC1CO)C(N)c1ccccc1. The molecule has 1 amide bonds. The van der Waals surface area contributed by atoms with Crippen LogP contribution in [-0.2, 0) is 4.79 Å². The quantitative estimate of drug-likeness (QED) is 0.776. The molecule has 0 aliphatic heterocycles. The summed E-state index contributed by atoms with van der Waals surface area (Å²) >= 11 is 0. The smallest absolute Gasteiger partial charge is 0.224 e. The number of aliphatic hydroxyl groups is 1. The summed E-state index contributed by atoms with van der Waals surface area (Å²) in [7, 11) is 0. The summed E-state index contributed by atoms with van der Waals surface area (Å²) in [5.41, 5.74) is 7.18. The van der Waals surface area contributed by atoms with E-state index in [9.17, 15) is 9.90 Å². The van der Waals surface area contributed by atoms with E-state index in [0.29, 0.717) is 0 Å². The monoisotopic (exact) mass is 290 g/mol. The first-order chi connectivity index (χ1) is 10.1. The number of nitrogens with two attached hydrogens (primary N) is 1. The molecule has 2 rings (SSSR count). The van der Waals surface area contributed by atoms with Gasteiger partial charge < -0.3 is 16.2 Å². The first-order valence-electron chi connectivity index (χ1n) is 7.85. The molecule has 0 saturated heterocycles. The van der Waals surface area contributed by atoms with Gasteiger partial charge in [0.25, 0.3) is 0 Å². The molecule has 0 radical (unpaired) electrons. The molecular weight excluding hydrogens is 264 g/mol. The maximum atomic E-state index is 12.4. The fourth-order valence-electron chi connectivity index (χ4n) is 3.06. The van der Waals surface area contributed by atoms with Crippen LogP contribution in [-0.4, -0.2) is 23.7 Å². The van der Waals surface area contributed by atoms with Gasteiger partial charge in [-0.15, -0.1) is 0 Å². The highest BCUT2D eigenvalue weighted by Crippen LogP contribution is 2.25. The lowest BCUT2D eigenvalue weighted by atomic mass is 9.84. The molecule has 1 aromatic rings. The fraction of sp³-hybridized carbons (Fsp3) is 0.588. The Balaban J connectivity index is 1.95. The largest absolute Gasteiger partial charge is 0.396 e. The van der Waals surface area contributed by atoms with Gasteiger partial charge in [0.15, 0.2) is 0 Å². The zero-order chi connectivity index (χ0) is 15.2. The summed E-state index contributed by atoms with van der Waals surface area (Å²) in [5.74, 6) is -0.117. The topological polar surface area (TPSA) is 75.3 Å². The highest BCUT2D eigenvalue weighted by Gasteiger charge is 2.29. The van der Waals surface area contributed by atoms with Crippen LogP contribution in [0.2, 0.25) is 0 Å². The fourth-order valence-corrected chi connectivity index (χ4v) is 3.06. The Hall–Kier alpha value is -1.39. The molecule has 4 nitrogen and oxygen atoms in total. The van der Waals surface area contributed by atoms with Crippen LogP contribution in [0.3, 0.4) is 0 Å². The maximum Gasteiger partial charge on any atom is 0.224 e. The maximum absolute atomic E-state index is 12.4. The third-order valence-corrected chi connectivity index (χ3v) is 4.61. The van der Waals surface area contributed by atoms with Gasteiger partial charge in [-0.25, -0.2) is 0 Å². The van der Waals surface area contributed by atoms with E-state index in [-0.39, 0.29) is 36.4 Å². The van der Waals surface area contributed by atoms with E-state index >= 15 is 0 Å². The van der Waals surface area contributed by atoms with E-state index < -0.39 is 0 Å². The van der Waals surface area contributed by atoms with Gasteiger partial charge in [-0.2, -0.15) is 0 Å². The molecule has 0 heterocycles. The zero-order valence-electron chi connectivity index (χ0n) is 12.7. The molecule has 4 unspecified atom stereocenters. The summed E-state index contributed by atoms with van der Waals surface area (Å²) in [6.07, 6.45) is 4.18. The van der Waals surface area contributed by atoms with Crippen molar-refractivity contribution in [2.75, 3.05) is 6.61 Å². The lowest BCUT2D eigenvalue weighted by Gasteiger charge is -2.32. The average Bonchev–Trinajstić information content (AvgIpc) is 2.54. The number of carbonyl (C=O) groups is 1. The number of aliphatic hydroxyl groups excluding tert-OH is 1. The number of rotatable bonds is 5. The van der Waals surface area contributed by atoms with Gasteiger partial charge in [-0.3, -0.25) is 4.79 Å². The van der Waals surface area contributed by atoms with E-state index in [1.54, 1.807) is 0 Å². The van der Waals surface area contributed by atoms with Crippen molar-refractivity contribution in [3.63, 3.8) is 0 Å². The molecule has 21 heavy (non-hydrogen) atoms. The van der Waals surface area contributed by atoms with E-state index in [0.717, 1.165) is 31.2 Å². The van der Waals surface area contributed by atoms with Crippen molar-refractivity contribution in [1.29, 1.82) is 0 Å². The second-order valence-corrected chi connectivity index (χ2v) is 6.07. The molecule has 1 aliphatic rings. The van der Waals surface area contributed by atoms with Crippen molar-refractivity contribution in [2.24, 2.45) is 17.6 Å². The van der Waals surface area contributed by atoms with E-state index in [1.165, 1.54) is 0 Å². The Labute approximate surface area is 126 Å². The standard InChI is InChI=1S/C17H26N2O2/c1-12(16(18)13-7-3-2-4-8-13)17(21)19-15-10-6-5-9-14(15)11-20/h2-4,7-8,12,14-16,20H,5-6,9-11,18H2,1H3,(H,19,21). The van der Waals surface area contributed by atoms with Crippen LogP contribution in [0.15, 0.2) is 30.3 Å². The van der Waals surface area contributed by atoms with Crippen LogP contribution in [0.1, 0.15) is 44.2 Å². The summed E-state index contributed by atoms with van der Waals surface area (Å²) in [4.78, 5) is 12.4. The second-order valence-electron chi connectivity index (χ2n) is 6.07.